The van der Waals surface area contributed by atoms with Crippen LogP contribution < -0.4 is 5.32 Å². The van der Waals surface area contributed by atoms with Crippen molar-refractivity contribution < 1.29 is 26.8 Å². The van der Waals surface area contributed by atoms with Crippen molar-refractivity contribution in [2.75, 3.05) is 32.8 Å². The molecule has 1 aromatic rings. The van der Waals surface area contributed by atoms with Gasteiger partial charge in [0.15, 0.2) is 4.90 Å². The number of carbonyl (C=O) groups is 2. The van der Waals surface area contributed by atoms with Gasteiger partial charge in [0.2, 0.25) is 10.0 Å². The summed E-state index contributed by atoms with van der Waals surface area (Å²) in [7, 11) is -4.33. The van der Waals surface area contributed by atoms with E-state index in [-0.39, 0.29) is 38.8 Å². The lowest BCUT2D eigenvalue weighted by Gasteiger charge is -2.36. The first-order valence-corrected chi connectivity index (χ1v) is 11.9. The van der Waals surface area contributed by atoms with Crippen molar-refractivity contribution in [3.05, 3.63) is 29.8 Å². The van der Waals surface area contributed by atoms with Crippen LogP contribution in [0.25, 0.3) is 0 Å². The summed E-state index contributed by atoms with van der Waals surface area (Å²) in [5.74, 6) is -1.96. The SMILES string of the molecule is CC1CCC2(CC1)NC(=O)N(CN1CCN(S(=O)(=O)c3c(F)cccc3F)CC1)C2=O. The van der Waals surface area contributed by atoms with E-state index in [0.717, 1.165) is 35.3 Å². The van der Waals surface area contributed by atoms with E-state index in [2.05, 4.69) is 12.2 Å². The number of nitrogens with zero attached hydrogens (tertiary/aromatic N) is 3. The molecule has 3 amide bonds. The third-order valence-electron chi connectivity index (χ3n) is 6.56. The van der Waals surface area contributed by atoms with Gasteiger partial charge in [0.05, 0.1) is 6.67 Å². The summed E-state index contributed by atoms with van der Waals surface area (Å²) in [6.45, 7) is 2.66. The Labute approximate surface area is 180 Å². The molecule has 170 valence electrons. The summed E-state index contributed by atoms with van der Waals surface area (Å²) in [6, 6.07) is 2.50. The summed E-state index contributed by atoms with van der Waals surface area (Å²) >= 11 is 0. The third kappa shape index (κ3) is 3.94. The fraction of sp³-hybridized carbons (Fsp3) is 0.600. The normalized spacial score (nSPS) is 28.4. The molecule has 2 aliphatic heterocycles. The van der Waals surface area contributed by atoms with Gasteiger partial charge in [-0.05, 0) is 43.7 Å². The standard InChI is InChI=1S/C20H26F2N4O4S/c1-14-5-7-20(8-6-14)18(27)26(19(28)23-20)13-24-9-11-25(12-10-24)31(29,30)17-15(21)3-2-4-16(17)22/h2-4,14H,5-13H2,1H3,(H,23,28). The second-order valence-corrected chi connectivity index (χ2v) is 10.5. The summed E-state index contributed by atoms with van der Waals surface area (Å²) in [5.41, 5.74) is -0.822. The number of piperazine rings is 1. The number of halogens is 2. The summed E-state index contributed by atoms with van der Waals surface area (Å²) < 4.78 is 54.4. The Bertz CT molecular complexity index is 967. The Morgan fingerprint density at radius 1 is 1.06 bits per heavy atom. The third-order valence-corrected chi connectivity index (χ3v) is 8.51. The minimum Gasteiger partial charge on any atom is -0.323 e. The molecular formula is C20H26F2N4O4S. The van der Waals surface area contributed by atoms with Crippen molar-refractivity contribution >= 4 is 22.0 Å². The highest BCUT2D eigenvalue weighted by Crippen LogP contribution is 2.36. The highest BCUT2D eigenvalue weighted by molar-refractivity contribution is 7.89. The number of urea groups is 1. The van der Waals surface area contributed by atoms with Gasteiger partial charge in [-0.3, -0.25) is 9.69 Å². The number of sulfonamides is 1. The number of nitrogens with one attached hydrogen (secondary N) is 1. The van der Waals surface area contributed by atoms with E-state index in [0.29, 0.717) is 18.8 Å². The van der Waals surface area contributed by atoms with Crippen molar-refractivity contribution in [2.45, 2.75) is 43.0 Å². The lowest BCUT2D eigenvalue weighted by molar-refractivity contribution is -0.134. The molecule has 3 fully saturated rings. The number of imide groups is 1. The van der Waals surface area contributed by atoms with Gasteiger partial charge < -0.3 is 5.32 Å². The number of hydrogen-bond donors (Lipinski definition) is 1. The molecule has 4 rings (SSSR count). The van der Waals surface area contributed by atoms with E-state index < -0.39 is 38.1 Å². The lowest BCUT2D eigenvalue weighted by Crippen LogP contribution is -2.53. The molecule has 1 spiro atoms. The summed E-state index contributed by atoms with van der Waals surface area (Å²) in [6.07, 6.45) is 3.00. The first kappa shape index (κ1) is 22.1. The van der Waals surface area contributed by atoms with E-state index in [9.17, 15) is 26.8 Å². The zero-order valence-electron chi connectivity index (χ0n) is 17.3. The van der Waals surface area contributed by atoms with Gasteiger partial charge in [-0.25, -0.2) is 26.9 Å². The Morgan fingerprint density at radius 3 is 2.23 bits per heavy atom. The summed E-state index contributed by atoms with van der Waals surface area (Å²) in [5, 5.41) is 2.87. The zero-order valence-corrected chi connectivity index (χ0v) is 18.1. The van der Waals surface area contributed by atoms with Gasteiger partial charge in [0.25, 0.3) is 5.91 Å². The zero-order chi connectivity index (χ0) is 22.4. The minimum absolute atomic E-state index is 0.00240. The van der Waals surface area contributed by atoms with Crippen molar-refractivity contribution in [1.29, 1.82) is 0 Å². The molecule has 0 unspecified atom stereocenters. The molecule has 1 aliphatic carbocycles. The van der Waals surface area contributed by atoms with Gasteiger partial charge >= 0.3 is 6.03 Å². The van der Waals surface area contributed by atoms with Crippen LogP contribution in [0.5, 0.6) is 0 Å². The molecule has 0 atom stereocenters. The van der Waals surface area contributed by atoms with Crippen LogP contribution in [0.3, 0.4) is 0 Å². The average molecular weight is 457 g/mol. The van der Waals surface area contributed by atoms with Crippen LogP contribution in [0.4, 0.5) is 13.6 Å². The molecule has 8 nitrogen and oxygen atoms in total. The molecule has 0 aromatic heterocycles. The van der Waals surface area contributed by atoms with Gasteiger partial charge in [0, 0.05) is 26.2 Å². The van der Waals surface area contributed by atoms with Crippen LogP contribution >= 0.6 is 0 Å². The quantitative estimate of drug-likeness (QED) is 0.697. The van der Waals surface area contributed by atoms with Gasteiger partial charge in [0.1, 0.15) is 17.2 Å². The molecule has 0 radical (unpaired) electrons. The molecule has 0 bridgehead atoms. The van der Waals surface area contributed by atoms with Crippen molar-refractivity contribution in [2.24, 2.45) is 5.92 Å². The first-order chi connectivity index (χ1) is 14.6. The maximum Gasteiger partial charge on any atom is 0.326 e. The average Bonchev–Trinajstić information content (AvgIpc) is 2.95. The molecule has 1 N–H and O–H groups in total. The second-order valence-electron chi connectivity index (χ2n) is 8.64. The van der Waals surface area contributed by atoms with Crippen LogP contribution in [-0.4, -0.2) is 72.8 Å². The van der Waals surface area contributed by atoms with E-state index in [1.54, 1.807) is 4.90 Å². The molecule has 11 heteroatoms. The Balaban J connectivity index is 1.40. The predicted octanol–water partition coefficient (Wildman–Crippen LogP) is 1.73. The number of rotatable bonds is 4. The van der Waals surface area contributed by atoms with E-state index in [1.165, 1.54) is 4.90 Å². The Kier molecular flexibility index (Phi) is 5.78. The maximum atomic E-state index is 14.0. The second kappa shape index (κ2) is 8.10. The molecular weight excluding hydrogens is 430 g/mol. The molecule has 3 aliphatic rings. The number of amides is 3. The number of carbonyl (C=O) groups excluding carboxylic acids is 2. The van der Waals surface area contributed by atoms with E-state index in [4.69, 9.17) is 0 Å². The molecule has 2 saturated heterocycles. The van der Waals surface area contributed by atoms with Crippen LogP contribution in [0, 0.1) is 17.6 Å². The topological polar surface area (TPSA) is 90.0 Å². The van der Waals surface area contributed by atoms with Gasteiger partial charge in [-0.1, -0.05) is 13.0 Å². The molecule has 1 aromatic carbocycles. The highest BCUT2D eigenvalue weighted by Gasteiger charge is 2.52. The highest BCUT2D eigenvalue weighted by atomic mass is 32.2. The first-order valence-electron chi connectivity index (χ1n) is 10.4. The monoisotopic (exact) mass is 456 g/mol. The maximum absolute atomic E-state index is 14.0. The van der Waals surface area contributed by atoms with Crippen molar-refractivity contribution in [1.82, 2.24) is 19.4 Å². The van der Waals surface area contributed by atoms with Crippen LogP contribution in [0.2, 0.25) is 0 Å². The van der Waals surface area contributed by atoms with Crippen LogP contribution in [0.15, 0.2) is 23.1 Å². The molecule has 2 heterocycles. The smallest absolute Gasteiger partial charge is 0.323 e. The Hall–Kier alpha value is -2.11. The fourth-order valence-electron chi connectivity index (χ4n) is 4.57. The van der Waals surface area contributed by atoms with E-state index >= 15 is 0 Å². The Morgan fingerprint density at radius 2 is 1.65 bits per heavy atom. The minimum atomic E-state index is -4.33. The largest absolute Gasteiger partial charge is 0.326 e. The molecule has 31 heavy (non-hydrogen) atoms. The van der Waals surface area contributed by atoms with Crippen molar-refractivity contribution in [3.63, 3.8) is 0 Å². The molecule has 1 saturated carbocycles. The van der Waals surface area contributed by atoms with E-state index in [1.807, 2.05) is 0 Å². The summed E-state index contributed by atoms with van der Waals surface area (Å²) in [4.78, 5) is 27.5. The predicted molar refractivity (Wildman–Crippen MR) is 107 cm³/mol. The number of benzene rings is 1. The fourth-order valence-corrected chi connectivity index (χ4v) is 6.10. The van der Waals surface area contributed by atoms with Crippen molar-refractivity contribution in [3.8, 4) is 0 Å². The van der Waals surface area contributed by atoms with Crippen LogP contribution in [-0.2, 0) is 14.8 Å². The lowest BCUT2D eigenvalue weighted by atomic mass is 9.77. The van der Waals surface area contributed by atoms with Crippen LogP contribution in [0.1, 0.15) is 32.6 Å². The number of hydrogen-bond acceptors (Lipinski definition) is 5. The van der Waals surface area contributed by atoms with Gasteiger partial charge in [-0.15, -0.1) is 0 Å². The van der Waals surface area contributed by atoms with Gasteiger partial charge in [-0.2, -0.15) is 4.31 Å².